The summed E-state index contributed by atoms with van der Waals surface area (Å²) in [7, 11) is 0. The summed E-state index contributed by atoms with van der Waals surface area (Å²) in [6, 6.07) is 10.7. The maximum atomic E-state index is 5.97. The first-order valence-corrected chi connectivity index (χ1v) is 9.22. The van der Waals surface area contributed by atoms with Crippen LogP contribution in [0.1, 0.15) is 50.8 Å². The minimum Gasteiger partial charge on any atom is -0.459 e. The van der Waals surface area contributed by atoms with Gasteiger partial charge in [-0.2, -0.15) is 11.8 Å². The highest BCUT2D eigenvalue weighted by molar-refractivity contribution is 8.00. The predicted molar refractivity (Wildman–Crippen MR) is 92.0 cm³/mol. The van der Waals surface area contributed by atoms with Gasteiger partial charge in [-0.25, -0.2) is 0 Å². The molecule has 2 aromatic rings. The molecular formula is C18H25NOS. The third-order valence-corrected chi connectivity index (χ3v) is 6.22. The Bertz CT molecular complexity index is 553. The van der Waals surface area contributed by atoms with Crippen LogP contribution in [0.3, 0.4) is 0 Å². The molecule has 1 N–H and O–H groups in total. The van der Waals surface area contributed by atoms with Gasteiger partial charge in [0, 0.05) is 16.7 Å². The monoisotopic (exact) mass is 303 g/mol. The van der Waals surface area contributed by atoms with Crippen molar-refractivity contribution in [2.45, 2.75) is 49.8 Å². The van der Waals surface area contributed by atoms with Gasteiger partial charge in [-0.05, 0) is 38.2 Å². The largest absolute Gasteiger partial charge is 0.459 e. The van der Waals surface area contributed by atoms with Crippen LogP contribution >= 0.6 is 11.8 Å². The average Bonchev–Trinajstić information content (AvgIpc) is 2.97. The van der Waals surface area contributed by atoms with Crippen molar-refractivity contribution in [3.63, 3.8) is 0 Å². The SMILES string of the molecule is CSC1(CNC(C)c2cc3ccccc3o2)CCCCC1. The first-order chi connectivity index (χ1) is 10.2. The summed E-state index contributed by atoms with van der Waals surface area (Å²) in [4.78, 5) is 0. The van der Waals surface area contributed by atoms with Crippen LogP contribution in [0.25, 0.3) is 11.0 Å². The van der Waals surface area contributed by atoms with E-state index in [4.69, 9.17) is 4.42 Å². The highest BCUT2D eigenvalue weighted by Gasteiger charge is 2.31. The second kappa shape index (κ2) is 6.45. The summed E-state index contributed by atoms with van der Waals surface area (Å²) in [6.45, 7) is 3.28. The maximum absolute atomic E-state index is 5.97. The Morgan fingerprint density at radius 3 is 2.71 bits per heavy atom. The Morgan fingerprint density at radius 1 is 1.24 bits per heavy atom. The van der Waals surface area contributed by atoms with E-state index >= 15 is 0 Å². The van der Waals surface area contributed by atoms with Crippen LogP contribution in [0.5, 0.6) is 0 Å². The van der Waals surface area contributed by atoms with Crippen molar-refractivity contribution >= 4 is 22.7 Å². The zero-order chi connectivity index (χ0) is 14.7. The van der Waals surface area contributed by atoms with Gasteiger partial charge < -0.3 is 9.73 Å². The van der Waals surface area contributed by atoms with Gasteiger partial charge in [0.1, 0.15) is 11.3 Å². The normalized spacial score (nSPS) is 19.7. The fraction of sp³-hybridized carbons (Fsp3) is 0.556. The van der Waals surface area contributed by atoms with Crippen LogP contribution in [0.2, 0.25) is 0 Å². The fourth-order valence-electron chi connectivity index (χ4n) is 3.30. The molecule has 1 aromatic heterocycles. The number of nitrogens with one attached hydrogen (secondary N) is 1. The van der Waals surface area contributed by atoms with E-state index in [0.717, 1.165) is 17.9 Å². The number of rotatable bonds is 5. The van der Waals surface area contributed by atoms with E-state index in [1.165, 1.54) is 37.5 Å². The average molecular weight is 303 g/mol. The summed E-state index contributed by atoms with van der Waals surface area (Å²) in [5.41, 5.74) is 0.985. The molecule has 21 heavy (non-hydrogen) atoms. The van der Waals surface area contributed by atoms with E-state index in [9.17, 15) is 0 Å². The van der Waals surface area contributed by atoms with Crippen LogP contribution in [0, 0.1) is 0 Å². The lowest BCUT2D eigenvalue weighted by Crippen LogP contribution is -2.40. The van der Waals surface area contributed by atoms with Gasteiger partial charge in [0.05, 0.1) is 6.04 Å². The van der Waals surface area contributed by atoms with Crippen molar-refractivity contribution < 1.29 is 4.42 Å². The smallest absolute Gasteiger partial charge is 0.134 e. The molecule has 0 saturated heterocycles. The topological polar surface area (TPSA) is 25.2 Å². The highest BCUT2D eigenvalue weighted by atomic mass is 32.2. The molecule has 0 radical (unpaired) electrons. The summed E-state index contributed by atoms with van der Waals surface area (Å²) >= 11 is 2.04. The summed E-state index contributed by atoms with van der Waals surface area (Å²) in [5.74, 6) is 1.04. The first kappa shape index (κ1) is 15.0. The summed E-state index contributed by atoms with van der Waals surface area (Å²) in [6.07, 6.45) is 9.10. The zero-order valence-corrected chi connectivity index (χ0v) is 13.8. The molecule has 1 atom stereocenters. The molecule has 1 aliphatic carbocycles. The van der Waals surface area contributed by atoms with Crippen LogP contribution < -0.4 is 5.32 Å². The van der Waals surface area contributed by atoms with E-state index < -0.39 is 0 Å². The van der Waals surface area contributed by atoms with Crippen LogP contribution in [0.15, 0.2) is 34.7 Å². The minimum atomic E-state index is 0.267. The van der Waals surface area contributed by atoms with Gasteiger partial charge in [0.2, 0.25) is 0 Å². The second-order valence-corrected chi connectivity index (χ2v) is 7.51. The van der Waals surface area contributed by atoms with Crippen molar-refractivity contribution in [3.8, 4) is 0 Å². The Hall–Kier alpha value is -0.930. The number of thioether (sulfide) groups is 1. The lowest BCUT2D eigenvalue weighted by atomic mass is 9.88. The number of hydrogen-bond donors (Lipinski definition) is 1. The third-order valence-electron chi connectivity index (χ3n) is 4.80. The zero-order valence-electron chi connectivity index (χ0n) is 13.0. The van der Waals surface area contributed by atoms with E-state index in [2.05, 4.69) is 36.7 Å². The summed E-state index contributed by atoms with van der Waals surface area (Å²) in [5, 5.41) is 4.90. The van der Waals surface area contributed by atoms with Crippen molar-refractivity contribution in [3.05, 3.63) is 36.1 Å². The highest BCUT2D eigenvalue weighted by Crippen LogP contribution is 2.38. The number of furan rings is 1. The summed E-state index contributed by atoms with van der Waals surface area (Å²) < 4.78 is 6.40. The molecule has 114 valence electrons. The number of benzene rings is 1. The van der Waals surface area contributed by atoms with Crippen LogP contribution in [-0.2, 0) is 0 Å². The van der Waals surface area contributed by atoms with Crippen molar-refractivity contribution in [1.29, 1.82) is 0 Å². The first-order valence-electron chi connectivity index (χ1n) is 7.99. The molecule has 0 amide bonds. The van der Waals surface area contributed by atoms with Crippen LogP contribution in [0.4, 0.5) is 0 Å². The van der Waals surface area contributed by atoms with E-state index in [1.807, 2.05) is 23.9 Å². The number of fused-ring (bicyclic) bond motifs is 1. The molecule has 0 bridgehead atoms. The predicted octanol–water partition coefficient (Wildman–Crippen LogP) is 5.15. The molecule has 1 unspecified atom stereocenters. The molecule has 2 nitrogen and oxygen atoms in total. The number of para-hydroxylation sites is 1. The molecule has 1 saturated carbocycles. The van der Waals surface area contributed by atoms with Gasteiger partial charge in [0.25, 0.3) is 0 Å². The Morgan fingerprint density at radius 2 is 2.00 bits per heavy atom. The van der Waals surface area contributed by atoms with E-state index in [1.54, 1.807) is 0 Å². The second-order valence-electron chi connectivity index (χ2n) is 6.24. The van der Waals surface area contributed by atoms with Crippen LogP contribution in [-0.4, -0.2) is 17.5 Å². The lowest BCUT2D eigenvalue weighted by Gasteiger charge is -2.36. The van der Waals surface area contributed by atoms with Crippen molar-refractivity contribution in [2.75, 3.05) is 12.8 Å². The van der Waals surface area contributed by atoms with Gasteiger partial charge in [-0.15, -0.1) is 0 Å². The minimum absolute atomic E-state index is 0.267. The molecular weight excluding hydrogens is 278 g/mol. The van der Waals surface area contributed by atoms with Crippen molar-refractivity contribution in [2.24, 2.45) is 0 Å². The Labute approximate surface area is 131 Å². The molecule has 1 aliphatic rings. The van der Waals surface area contributed by atoms with Crippen molar-refractivity contribution in [1.82, 2.24) is 5.32 Å². The van der Waals surface area contributed by atoms with Gasteiger partial charge in [-0.1, -0.05) is 37.5 Å². The quantitative estimate of drug-likeness (QED) is 0.827. The molecule has 1 fully saturated rings. The fourth-order valence-corrected chi connectivity index (χ4v) is 4.23. The van der Waals surface area contributed by atoms with E-state index in [-0.39, 0.29) is 6.04 Å². The third kappa shape index (κ3) is 3.29. The maximum Gasteiger partial charge on any atom is 0.134 e. The molecule has 1 heterocycles. The molecule has 3 rings (SSSR count). The van der Waals surface area contributed by atoms with Gasteiger partial charge >= 0.3 is 0 Å². The Balaban J connectivity index is 1.66. The molecule has 0 aliphatic heterocycles. The van der Waals surface area contributed by atoms with E-state index in [0.29, 0.717) is 4.75 Å². The molecule has 1 aromatic carbocycles. The lowest BCUT2D eigenvalue weighted by molar-refractivity contribution is 0.354. The molecule has 0 spiro atoms. The van der Waals surface area contributed by atoms with Gasteiger partial charge in [0.15, 0.2) is 0 Å². The number of hydrogen-bond acceptors (Lipinski definition) is 3. The standard InChI is InChI=1S/C18H25NOS/c1-14(17-12-15-8-4-5-9-16(15)20-17)19-13-18(21-2)10-6-3-7-11-18/h4-5,8-9,12,14,19H,3,6-7,10-11,13H2,1-2H3. The molecule has 3 heteroatoms. The Kier molecular flexibility index (Phi) is 4.60. The van der Waals surface area contributed by atoms with Gasteiger partial charge in [-0.3, -0.25) is 0 Å².